The van der Waals surface area contributed by atoms with Crippen LogP contribution in [0.3, 0.4) is 0 Å². The van der Waals surface area contributed by atoms with Gasteiger partial charge in [-0.3, -0.25) is 0 Å². The van der Waals surface area contributed by atoms with Gasteiger partial charge in [-0.15, -0.1) is 0 Å². The zero-order chi connectivity index (χ0) is 15.4. The summed E-state index contributed by atoms with van der Waals surface area (Å²) < 4.78 is 5.47. The lowest BCUT2D eigenvalue weighted by Gasteiger charge is -2.11. The summed E-state index contributed by atoms with van der Waals surface area (Å²) in [6.45, 7) is 1.79. The molecule has 2 aromatic carbocycles. The Hall–Kier alpha value is -2.82. The Labute approximate surface area is 121 Å². The van der Waals surface area contributed by atoms with Crippen molar-refractivity contribution >= 4 is 11.9 Å². The first-order chi connectivity index (χ1) is 9.99. The fraction of sp³-hybridized carbons (Fsp3) is 0.125. The molecule has 0 fully saturated rings. The number of ether oxygens (including phenoxy) is 1. The number of carbonyl (C=O) groups is 2. The van der Waals surface area contributed by atoms with Crippen molar-refractivity contribution in [2.45, 2.75) is 13.5 Å². The molecule has 0 saturated carbocycles. The second-order valence-corrected chi connectivity index (χ2v) is 4.56. The molecule has 0 aliphatic rings. The second-order valence-electron chi connectivity index (χ2n) is 4.56. The van der Waals surface area contributed by atoms with Crippen molar-refractivity contribution in [2.24, 2.45) is 0 Å². The number of para-hydroxylation sites is 1. The number of aryl methyl sites for hydroxylation is 1. The molecule has 5 heteroatoms. The van der Waals surface area contributed by atoms with Crippen molar-refractivity contribution in [3.05, 3.63) is 64.7 Å². The Bertz CT molecular complexity index is 691. The van der Waals surface area contributed by atoms with Gasteiger partial charge < -0.3 is 14.9 Å². The summed E-state index contributed by atoms with van der Waals surface area (Å²) in [5.74, 6) is -1.92. The van der Waals surface area contributed by atoms with E-state index in [1.165, 1.54) is 12.1 Å². The summed E-state index contributed by atoms with van der Waals surface area (Å²) in [7, 11) is 0. The molecule has 0 aromatic heterocycles. The van der Waals surface area contributed by atoms with Crippen LogP contribution in [0.25, 0.3) is 0 Å². The van der Waals surface area contributed by atoms with Crippen LogP contribution in [0, 0.1) is 6.92 Å². The average molecular weight is 286 g/mol. The molecule has 5 nitrogen and oxygen atoms in total. The first-order valence-corrected chi connectivity index (χ1v) is 6.27. The van der Waals surface area contributed by atoms with Gasteiger partial charge in [-0.2, -0.15) is 0 Å². The lowest BCUT2D eigenvalue weighted by Crippen LogP contribution is -2.08. The van der Waals surface area contributed by atoms with Gasteiger partial charge in [0.05, 0.1) is 5.56 Å². The molecule has 2 rings (SSSR count). The maximum Gasteiger partial charge on any atom is 0.339 e. The number of aromatic carboxylic acids is 2. The van der Waals surface area contributed by atoms with E-state index in [9.17, 15) is 14.7 Å². The molecule has 0 spiro atoms. The number of hydrogen-bond acceptors (Lipinski definition) is 3. The van der Waals surface area contributed by atoms with Crippen LogP contribution >= 0.6 is 0 Å². The van der Waals surface area contributed by atoms with Crippen LogP contribution in [0.15, 0.2) is 42.5 Å². The molecule has 0 aliphatic carbocycles. The van der Waals surface area contributed by atoms with Crippen molar-refractivity contribution in [3.63, 3.8) is 0 Å². The Morgan fingerprint density at radius 2 is 1.67 bits per heavy atom. The molecule has 2 N–H and O–H groups in total. The van der Waals surface area contributed by atoms with Gasteiger partial charge in [-0.25, -0.2) is 9.59 Å². The van der Waals surface area contributed by atoms with Crippen molar-refractivity contribution in [1.29, 1.82) is 0 Å². The van der Waals surface area contributed by atoms with Gasteiger partial charge in [0.1, 0.15) is 17.9 Å². The predicted octanol–water partition coefficient (Wildman–Crippen LogP) is 2.97. The molecule has 0 unspecified atom stereocenters. The third-order valence-corrected chi connectivity index (χ3v) is 3.00. The molecule has 21 heavy (non-hydrogen) atoms. The van der Waals surface area contributed by atoms with Gasteiger partial charge in [0, 0.05) is 5.56 Å². The van der Waals surface area contributed by atoms with E-state index < -0.39 is 11.9 Å². The monoisotopic (exact) mass is 286 g/mol. The third kappa shape index (κ3) is 3.39. The summed E-state index contributed by atoms with van der Waals surface area (Å²) in [4.78, 5) is 22.3. The average Bonchev–Trinajstić information content (AvgIpc) is 2.46. The molecule has 0 saturated heterocycles. The number of benzene rings is 2. The van der Waals surface area contributed by atoms with Crippen LogP contribution in [-0.4, -0.2) is 22.2 Å². The summed E-state index contributed by atoms with van der Waals surface area (Å²) in [5, 5.41) is 18.2. The number of carboxylic acid groups (broad SMARTS) is 2. The van der Waals surface area contributed by atoms with Crippen LogP contribution in [0.4, 0.5) is 0 Å². The molecule has 0 amide bonds. The summed E-state index contributed by atoms with van der Waals surface area (Å²) >= 11 is 0. The van der Waals surface area contributed by atoms with Crippen LogP contribution in [0.5, 0.6) is 5.75 Å². The molecule has 0 atom stereocenters. The molecular weight excluding hydrogens is 272 g/mol. The lowest BCUT2D eigenvalue weighted by atomic mass is 10.1. The fourth-order valence-electron chi connectivity index (χ4n) is 1.94. The zero-order valence-electron chi connectivity index (χ0n) is 11.4. The second kappa shape index (κ2) is 6.09. The van der Waals surface area contributed by atoms with Gasteiger partial charge in [-0.05, 0) is 25.1 Å². The van der Waals surface area contributed by atoms with E-state index in [1.807, 2.05) is 0 Å². The quantitative estimate of drug-likeness (QED) is 0.882. The molecule has 2 aromatic rings. The van der Waals surface area contributed by atoms with E-state index >= 15 is 0 Å². The van der Waals surface area contributed by atoms with E-state index in [-0.39, 0.29) is 23.5 Å². The first kappa shape index (κ1) is 14.6. The fourth-order valence-corrected chi connectivity index (χ4v) is 1.94. The Balaban J connectivity index is 2.25. The maximum absolute atomic E-state index is 11.2. The minimum atomic E-state index is -1.09. The maximum atomic E-state index is 11.2. The van der Waals surface area contributed by atoms with E-state index in [2.05, 4.69) is 0 Å². The highest BCUT2D eigenvalue weighted by Gasteiger charge is 2.13. The highest BCUT2D eigenvalue weighted by Crippen LogP contribution is 2.21. The Morgan fingerprint density at radius 3 is 2.33 bits per heavy atom. The highest BCUT2D eigenvalue weighted by molar-refractivity contribution is 5.91. The van der Waals surface area contributed by atoms with Crippen molar-refractivity contribution in [1.82, 2.24) is 0 Å². The van der Waals surface area contributed by atoms with Gasteiger partial charge in [0.15, 0.2) is 0 Å². The van der Waals surface area contributed by atoms with Crippen LogP contribution in [-0.2, 0) is 6.61 Å². The van der Waals surface area contributed by atoms with Gasteiger partial charge in [-0.1, -0.05) is 29.8 Å². The largest absolute Gasteiger partial charge is 0.488 e. The molecule has 0 aliphatic heterocycles. The van der Waals surface area contributed by atoms with E-state index in [4.69, 9.17) is 9.84 Å². The Kier molecular flexibility index (Phi) is 4.23. The first-order valence-electron chi connectivity index (χ1n) is 6.27. The minimum Gasteiger partial charge on any atom is -0.488 e. The topological polar surface area (TPSA) is 83.8 Å². The number of hydrogen-bond donors (Lipinski definition) is 2. The molecule has 0 bridgehead atoms. The minimum absolute atomic E-state index is 0.00773. The Morgan fingerprint density at radius 1 is 1.00 bits per heavy atom. The molecule has 108 valence electrons. The standard InChI is InChI=1S/C16H14O5/c1-10-6-7-11(13(8-10)16(19)20)9-21-14-5-3-2-4-12(14)15(17)18/h2-8H,9H2,1H3,(H,17,18)(H,19,20). The molecular formula is C16H14O5. The van der Waals surface area contributed by atoms with Crippen LogP contribution < -0.4 is 4.74 Å². The summed E-state index contributed by atoms with van der Waals surface area (Å²) in [6, 6.07) is 11.3. The number of carboxylic acids is 2. The normalized spacial score (nSPS) is 10.1. The lowest BCUT2D eigenvalue weighted by molar-refractivity contribution is 0.0678. The molecule has 0 heterocycles. The highest BCUT2D eigenvalue weighted by atomic mass is 16.5. The van der Waals surface area contributed by atoms with Crippen molar-refractivity contribution in [2.75, 3.05) is 0 Å². The van der Waals surface area contributed by atoms with E-state index in [0.717, 1.165) is 5.56 Å². The summed E-state index contributed by atoms with van der Waals surface area (Å²) in [5.41, 5.74) is 1.53. The molecule has 0 radical (unpaired) electrons. The van der Waals surface area contributed by atoms with E-state index in [0.29, 0.717) is 5.56 Å². The van der Waals surface area contributed by atoms with E-state index in [1.54, 1.807) is 37.3 Å². The number of rotatable bonds is 5. The SMILES string of the molecule is Cc1ccc(COc2ccccc2C(=O)O)c(C(=O)O)c1. The zero-order valence-corrected chi connectivity index (χ0v) is 11.4. The predicted molar refractivity (Wildman–Crippen MR) is 75.9 cm³/mol. The summed E-state index contributed by atoms with van der Waals surface area (Å²) in [6.07, 6.45) is 0. The van der Waals surface area contributed by atoms with Gasteiger partial charge >= 0.3 is 11.9 Å². The third-order valence-electron chi connectivity index (χ3n) is 3.00. The van der Waals surface area contributed by atoms with Gasteiger partial charge in [0.2, 0.25) is 0 Å². The van der Waals surface area contributed by atoms with Crippen LogP contribution in [0.1, 0.15) is 31.8 Å². The van der Waals surface area contributed by atoms with Gasteiger partial charge in [0.25, 0.3) is 0 Å². The van der Waals surface area contributed by atoms with Crippen molar-refractivity contribution < 1.29 is 24.5 Å². The van der Waals surface area contributed by atoms with Crippen molar-refractivity contribution in [3.8, 4) is 5.75 Å². The van der Waals surface area contributed by atoms with Crippen LogP contribution in [0.2, 0.25) is 0 Å². The smallest absolute Gasteiger partial charge is 0.339 e.